The van der Waals surface area contributed by atoms with Crippen molar-refractivity contribution in [2.45, 2.75) is 25.3 Å². The van der Waals surface area contributed by atoms with Gasteiger partial charge in [0, 0.05) is 45.3 Å². The summed E-state index contributed by atoms with van der Waals surface area (Å²) in [5.74, 6) is 0.131. The normalized spacial score (nSPS) is 24.7. The molecule has 0 bridgehead atoms. The van der Waals surface area contributed by atoms with Gasteiger partial charge in [-0.2, -0.15) is 0 Å². The van der Waals surface area contributed by atoms with Crippen molar-refractivity contribution in [3.05, 3.63) is 71.3 Å². The second-order valence-corrected chi connectivity index (χ2v) is 8.89. The Morgan fingerprint density at radius 2 is 1.50 bits per heavy atom. The minimum Gasteiger partial charge on any atom is -0.300 e. The van der Waals surface area contributed by atoms with Crippen LogP contribution in [0.25, 0.3) is 0 Å². The van der Waals surface area contributed by atoms with Crippen molar-refractivity contribution < 1.29 is 9.59 Å². The number of piperidine rings is 1. The van der Waals surface area contributed by atoms with Crippen LogP contribution in [-0.2, 0) is 6.42 Å². The summed E-state index contributed by atoms with van der Waals surface area (Å²) in [5, 5.41) is 0. The minimum absolute atomic E-state index is 0.122. The van der Waals surface area contributed by atoms with E-state index in [-0.39, 0.29) is 11.8 Å². The standard InChI is InChI=1S/C25H29N3O2/c29-24-22-8-4-5-9-23(22)25(30)28(24)17-20-10-11-21-18-26(14-15-27(21)16-20)13-12-19-6-2-1-3-7-19/h1-9,20-21H,10-18H2. The molecule has 0 radical (unpaired) electrons. The number of piperazine rings is 1. The topological polar surface area (TPSA) is 43.9 Å². The molecular formula is C25H29N3O2. The SMILES string of the molecule is O=C1c2ccccc2C(=O)N1CC1CCC2CN(CCc3ccccc3)CCN2C1. The summed E-state index contributed by atoms with van der Waals surface area (Å²) in [6.07, 6.45) is 3.34. The van der Waals surface area contributed by atoms with Gasteiger partial charge in [-0.15, -0.1) is 0 Å². The Bertz CT molecular complexity index is 894. The summed E-state index contributed by atoms with van der Waals surface area (Å²) in [4.78, 5) is 32.0. The summed E-state index contributed by atoms with van der Waals surface area (Å²) in [6, 6.07) is 18.5. The predicted molar refractivity (Wildman–Crippen MR) is 116 cm³/mol. The van der Waals surface area contributed by atoms with Gasteiger partial charge < -0.3 is 4.90 Å². The third-order valence-corrected chi connectivity index (χ3v) is 6.97. The van der Waals surface area contributed by atoms with E-state index in [2.05, 4.69) is 40.1 Å². The number of imide groups is 1. The molecule has 5 rings (SSSR count). The van der Waals surface area contributed by atoms with Gasteiger partial charge in [0.15, 0.2) is 0 Å². The molecule has 30 heavy (non-hydrogen) atoms. The van der Waals surface area contributed by atoms with E-state index in [0.717, 1.165) is 52.0 Å². The smallest absolute Gasteiger partial charge is 0.261 e. The molecule has 3 heterocycles. The molecular weight excluding hydrogens is 374 g/mol. The molecule has 0 spiro atoms. The van der Waals surface area contributed by atoms with E-state index >= 15 is 0 Å². The number of benzene rings is 2. The number of rotatable bonds is 5. The maximum Gasteiger partial charge on any atom is 0.261 e. The minimum atomic E-state index is -0.122. The Hall–Kier alpha value is -2.50. The van der Waals surface area contributed by atoms with Crippen LogP contribution < -0.4 is 0 Å². The fourth-order valence-electron chi connectivity index (χ4n) is 5.27. The summed E-state index contributed by atoms with van der Waals surface area (Å²) >= 11 is 0. The average Bonchev–Trinajstić information content (AvgIpc) is 3.03. The first-order chi connectivity index (χ1) is 14.7. The van der Waals surface area contributed by atoms with Gasteiger partial charge in [-0.1, -0.05) is 42.5 Å². The van der Waals surface area contributed by atoms with E-state index in [9.17, 15) is 9.59 Å². The third-order valence-electron chi connectivity index (χ3n) is 6.97. The summed E-state index contributed by atoms with van der Waals surface area (Å²) in [5.41, 5.74) is 2.52. The Labute approximate surface area is 178 Å². The fourth-order valence-corrected chi connectivity index (χ4v) is 5.27. The zero-order valence-electron chi connectivity index (χ0n) is 17.4. The van der Waals surface area contributed by atoms with Gasteiger partial charge in [-0.3, -0.25) is 19.4 Å². The summed E-state index contributed by atoms with van der Waals surface area (Å²) < 4.78 is 0. The lowest BCUT2D eigenvalue weighted by Crippen LogP contribution is -2.57. The molecule has 156 valence electrons. The molecule has 2 amide bonds. The first kappa shape index (κ1) is 19.5. The van der Waals surface area contributed by atoms with Gasteiger partial charge in [0.1, 0.15) is 0 Å². The maximum atomic E-state index is 12.7. The molecule has 2 saturated heterocycles. The highest BCUT2D eigenvalue weighted by Gasteiger charge is 2.39. The Balaban J connectivity index is 1.14. The van der Waals surface area contributed by atoms with Crippen LogP contribution in [0.4, 0.5) is 0 Å². The van der Waals surface area contributed by atoms with E-state index in [4.69, 9.17) is 0 Å². The van der Waals surface area contributed by atoms with Gasteiger partial charge in [-0.05, 0) is 42.9 Å². The van der Waals surface area contributed by atoms with Crippen LogP contribution in [0, 0.1) is 5.92 Å². The second kappa shape index (κ2) is 8.32. The van der Waals surface area contributed by atoms with Crippen LogP contribution in [0.1, 0.15) is 39.1 Å². The molecule has 0 N–H and O–H groups in total. The zero-order chi connectivity index (χ0) is 20.5. The van der Waals surface area contributed by atoms with Crippen molar-refractivity contribution >= 4 is 11.8 Å². The van der Waals surface area contributed by atoms with Crippen molar-refractivity contribution in [2.24, 2.45) is 5.92 Å². The van der Waals surface area contributed by atoms with E-state index in [0.29, 0.717) is 29.6 Å². The predicted octanol–water partition coefficient (Wildman–Crippen LogP) is 2.92. The fraction of sp³-hybridized carbons (Fsp3) is 0.440. The van der Waals surface area contributed by atoms with Crippen LogP contribution in [0.3, 0.4) is 0 Å². The molecule has 5 heteroatoms. The quantitative estimate of drug-likeness (QED) is 0.720. The van der Waals surface area contributed by atoms with Crippen LogP contribution in [-0.4, -0.2) is 71.8 Å². The van der Waals surface area contributed by atoms with Crippen molar-refractivity contribution in [2.75, 3.05) is 39.3 Å². The lowest BCUT2D eigenvalue weighted by molar-refractivity contribution is 0.0205. The number of carbonyl (C=O) groups is 2. The third kappa shape index (κ3) is 3.80. The molecule has 2 fully saturated rings. The van der Waals surface area contributed by atoms with E-state index in [1.807, 2.05) is 12.1 Å². The molecule has 3 aliphatic heterocycles. The number of hydrogen-bond acceptors (Lipinski definition) is 4. The molecule has 2 atom stereocenters. The van der Waals surface area contributed by atoms with Gasteiger partial charge in [-0.25, -0.2) is 0 Å². The highest BCUT2D eigenvalue weighted by molar-refractivity contribution is 6.21. The second-order valence-electron chi connectivity index (χ2n) is 8.89. The van der Waals surface area contributed by atoms with Gasteiger partial charge in [0.05, 0.1) is 11.1 Å². The summed E-state index contributed by atoms with van der Waals surface area (Å²) in [6.45, 7) is 5.97. The molecule has 0 saturated carbocycles. The molecule has 5 nitrogen and oxygen atoms in total. The van der Waals surface area contributed by atoms with E-state index in [1.165, 1.54) is 10.5 Å². The van der Waals surface area contributed by atoms with Gasteiger partial charge >= 0.3 is 0 Å². The molecule has 2 aromatic carbocycles. The average molecular weight is 404 g/mol. The number of carbonyl (C=O) groups excluding carboxylic acids is 2. The first-order valence-electron chi connectivity index (χ1n) is 11.1. The number of amides is 2. The number of hydrogen-bond donors (Lipinski definition) is 0. The van der Waals surface area contributed by atoms with Gasteiger partial charge in [0.25, 0.3) is 11.8 Å². The molecule has 2 aromatic rings. The maximum absolute atomic E-state index is 12.7. The van der Waals surface area contributed by atoms with Crippen molar-refractivity contribution in [1.29, 1.82) is 0 Å². The number of fused-ring (bicyclic) bond motifs is 2. The monoisotopic (exact) mass is 403 g/mol. The summed E-state index contributed by atoms with van der Waals surface area (Å²) in [7, 11) is 0. The molecule has 2 unspecified atom stereocenters. The Morgan fingerprint density at radius 1 is 0.800 bits per heavy atom. The first-order valence-corrected chi connectivity index (χ1v) is 11.1. The van der Waals surface area contributed by atoms with Crippen LogP contribution in [0.2, 0.25) is 0 Å². The van der Waals surface area contributed by atoms with Crippen LogP contribution >= 0.6 is 0 Å². The molecule has 0 aromatic heterocycles. The lowest BCUT2D eigenvalue weighted by Gasteiger charge is -2.46. The zero-order valence-corrected chi connectivity index (χ0v) is 17.4. The van der Waals surface area contributed by atoms with E-state index in [1.54, 1.807) is 12.1 Å². The van der Waals surface area contributed by atoms with E-state index < -0.39 is 0 Å². The molecule has 0 aliphatic carbocycles. The lowest BCUT2D eigenvalue weighted by atomic mass is 9.90. The highest BCUT2D eigenvalue weighted by Crippen LogP contribution is 2.29. The van der Waals surface area contributed by atoms with Crippen molar-refractivity contribution in [3.63, 3.8) is 0 Å². The van der Waals surface area contributed by atoms with Crippen LogP contribution in [0.5, 0.6) is 0 Å². The molecule has 3 aliphatic rings. The van der Waals surface area contributed by atoms with Crippen LogP contribution in [0.15, 0.2) is 54.6 Å². The Kier molecular flexibility index (Phi) is 5.40. The van der Waals surface area contributed by atoms with Crippen molar-refractivity contribution in [1.82, 2.24) is 14.7 Å². The highest BCUT2D eigenvalue weighted by atomic mass is 16.2. The number of nitrogens with zero attached hydrogens (tertiary/aromatic N) is 3. The Morgan fingerprint density at radius 3 is 2.23 bits per heavy atom. The largest absolute Gasteiger partial charge is 0.300 e. The van der Waals surface area contributed by atoms with Crippen molar-refractivity contribution in [3.8, 4) is 0 Å². The van der Waals surface area contributed by atoms with Gasteiger partial charge in [0.2, 0.25) is 0 Å².